The summed E-state index contributed by atoms with van der Waals surface area (Å²) in [6.07, 6.45) is 20.9. The van der Waals surface area contributed by atoms with Crippen LogP contribution in [0, 0.1) is 0 Å². The van der Waals surface area contributed by atoms with E-state index in [4.69, 9.17) is 19.2 Å². The molecule has 1 atom stereocenters. The Balaban J connectivity index is 0. The number of aliphatic hydroxyl groups is 1. The number of hydrogen-bond acceptors (Lipinski definition) is 3. The molecule has 6 nitrogen and oxygen atoms in total. The summed E-state index contributed by atoms with van der Waals surface area (Å²) in [6, 6.07) is 0.359. The maximum Gasteiger partial charge on any atom is 0.466 e. The van der Waals surface area contributed by atoms with E-state index in [2.05, 4.69) is 25.9 Å². The van der Waals surface area contributed by atoms with E-state index in [0.717, 1.165) is 6.42 Å². The number of rotatable bonds is 17. The molecule has 0 rings (SSSR count). The molecule has 0 aromatic carbocycles. The van der Waals surface area contributed by atoms with Gasteiger partial charge in [0.1, 0.15) is 0 Å². The van der Waals surface area contributed by atoms with Gasteiger partial charge in [0.15, 0.2) is 0 Å². The van der Waals surface area contributed by atoms with Gasteiger partial charge >= 0.3 is 7.82 Å². The van der Waals surface area contributed by atoms with Crippen LogP contribution in [0.15, 0.2) is 0 Å². The first-order chi connectivity index (χ1) is 12.7. The Morgan fingerprint density at radius 3 is 1.26 bits per heavy atom. The molecule has 0 aromatic rings. The van der Waals surface area contributed by atoms with E-state index in [1.165, 1.54) is 89.9 Å². The fraction of sp³-hybridized carbons (Fsp3) is 1.00. The first-order valence-corrected chi connectivity index (χ1v) is 12.3. The fourth-order valence-electron chi connectivity index (χ4n) is 3.09. The highest BCUT2D eigenvalue weighted by atomic mass is 31.2. The SMILES string of the molecule is CCCCCCCCCCCCCCCCC(CO)N(C)C.O=P(O)(O)O. The van der Waals surface area contributed by atoms with Crippen molar-refractivity contribution in [2.75, 3.05) is 20.7 Å². The Bertz CT molecular complexity index is 328. The molecule has 0 spiro atoms. The molecule has 0 amide bonds. The molecule has 0 radical (unpaired) electrons. The molecule has 0 aliphatic carbocycles. The summed E-state index contributed by atoms with van der Waals surface area (Å²) in [5.74, 6) is 0. The molecule has 7 heteroatoms. The van der Waals surface area contributed by atoms with Gasteiger partial charge in [-0.2, -0.15) is 0 Å². The predicted octanol–water partition coefficient (Wildman–Crippen LogP) is 4.85. The van der Waals surface area contributed by atoms with Gasteiger partial charge in [-0.3, -0.25) is 0 Å². The van der Waals surface area contributed by atoms with Gasteiger partial charge < -0.3 is 24.7 Å². The molecule has 0 fully saturated rings. The van der Waals surface area contributed by atoms with Crippen molar-refractivity contribution >= 4 is 7.82 Å². The van der Waals surface area contributed by atoms with Crippen LogP contribution in [0.3, 0.4) is 0 Å². The minimum absolute atomic E-state index is 0.297. The third-order valence-electron chi connectivity index (χ3n) is 4.83. The van der Waals surface area contributed by atoms with Crippen molar-refractivity contribution in [2.24, 2.45) is 0 Å². The van der Waals surface area contributed by atoms with Gasteiger partial charge in [0.2, 0.25) is 0 Å². The number of aliphatic hydroxyl groups excluding tert-OH is 1. The topological polar surface area (TPSA) is 101 Å². The molecule has 0 aromatic heterocycles. The molecule has 4 N–H and O–H groups in total. The van der Waals surface area contributed by atoms with Crippen LogP contribution in [0.1, 0.15) is 103 Å². The zero-order valence-electron chi connectivity index (χ0n) is 18.0. The molecular formula is C20H46NO5P. The monoisotopic (exact) mass is 411 g/mol. The van der Waals surface area contributed by atoms with Crippen molar-refractivity contribution in [1.29, 1.82) is 0 Å². The Labute approximate surface area is 167 Å². The standard InChI is InChI=1S/C20H43NO.H3O4P/c1-4-5-6-7-8-9-10-11-12-13-14-15-16-17-18-20(19-22)21(2)3;1-5(2,3)4/h20,22H,4-19H2,1-3H3;(H3,1,2,3,4). The number of nitrogens with zero attached hydrogens (tertiary/aromatic N) is 1. The van der Waals surface area contributed by atoms with E-state index in [1.54, 1.807) is 0 Å². The minimum Gasteiger partial charge on any atom is -0.395 e. The van der Waals surface area contributed by atoms with Crippen LogP contribution in [0.25, 0.3) is 0 Å². The quantitative estimate of drug-likeness (QED) is 0.202. The van der Waals surface area contributed by atoms with Crippen LogP contribution in [0.2, 0.25) is 0 Å². The number of unbranched alkanes of at least 4 members (excludes halogenated alkanes) is 13. The van der Waals surface area contributed by atoms with Crippen molar-refractivity contribution < 1.29 is 24.4 Å². The maximum atomic E-state index is 9.26. The zero-order chi connectivity index (χ0) is 21.0. The normalized spacial score (nSPS) is 12.7. The minimum atomic E-state index is -4.64. The van der Waals surface area contributed by atoms with Crippen molar-refractivity contribution in [3.63, 3.8) is 0 Å². The average Bonchev–Trinajstić information content (AvgIpc) is 2.56. The Morgan fingerprint density at radius 2 is 1.00 bits per heavy atom. The predicted molar refractivity (Wildman–Crippen MR) is 114 cm³/mol. The van der Waals surface area contributed by atoms with Gasteiger partial charge in [-0.1, -0.05) is 96.8 Å². The summed E-state index contributed by atoms with van der Waals surface area (Å²) in [5, 5.41) is 9.26. The van der Waals surface area contributed by atoms with E-state index in [1.807, 2.05) is 0 Å². The van der Waals surface area contributed by atoms with E-state index in [0.29, 0.717) is 12.6 Å². The highest BCUT2D eigenvalue weighted by Gasteiger charge is 2.08. The third-order valence-corrected chi connectivity index (χ3v) is 4.83. The summed E-state index contributed by atoms with van der Waals surface area (Å²) < 4.78 is 8.88. The van der Waals surface area contributed by atoms with Crippen molar-refractivity contribution in [3.05, 3.63) is 0 Å². The summed E-state index contributed by atoms with van der Waals surface area (Å²) in [7, 11) is -0.518. The highest BCUT2D eigenvalue weighted by molar-refractivity contribution is 7.45. The van der Waals surface area contributed by atoms with Gasteiger partial charge in [-0.25, -0.2) is 4.57 Å². The molecule has 0 aliphatic rings. The molecule has 166 valence electrons. The second-order valence-corrected chi connectivity index (χ2v) is 8.72. The van der Waals surface area contributed by atoms with Crippen molar-refractivity contribution in [3.8, 4) is 0 Å². The first kappa shape index (κ1) is 29.2. The lowest BCUT2D eigenvalue weighted by molar-refractivity contribution is 0.159. The Morgan fingerprint density at radius 1 is 0.704 bits per heavy atom. The van der Waals surface area contributed by atoms with Crippen molar-refractivity contribution in [1.82, 2.24) is 4.90 Å². The van der Waals surface area contributed by atoms with E-state index >= 15 is 0 Å². The van der Waals surface area contributed by atoms with E-state index in [9.17, 15) is 5.11 Å². The molecule has 0 saturated heterocycles. The van der Waals surface area contributed by atoms with E-state index in [-0.39, 0.29) is 0 Å². The number of phosphoric acid groups is 1. The summed E-state index contributed by atoms with van der Waals surface area (Å²) >= 11 is 0. The smallest absolute Gasteiger partial charge is 0.395 e. The second-order valence-electron chi connectivity index (χ2n) is 7.70. The lowest BCUT2D eigenvalue weighted by Gasteiger charge is -2.21. The molecule has 0 saturated carbocycles. The van der Waals surface area contributed by atoms with E-state index < -0.39 is 7.82 Å². The Kier molecular flexibility index (Phi) is 22.5. The number of likely N-dealkylation sites (N-methyl/N-ethyl adjacent to an activating group) is 1. The lowest BCUT2D eigenvalue weighted by Crippen LogP contribution is -2.31. The van der Waals surface area contributed by atoms with Crippen molar-refractivity contribution in [2.45, 2.75) is 109 Å². The molecule has 1 unspecified atom stereocenters. The first-order valence-electron chi connectivity index (χ1n) is 10.8. The molecule has 0 heterocycles. The molecular weight excluding hydrogens is 365 g/mol. The summed E-state index contributed by atoms with van der Waals surface area (Å²) in [4.78, 5) is 23.7. The lowest BCUT2D eigenvalue weighted by atomic mass is 10.0. The van der Waals surface area contributed by atoms with Crippen LogP contribution >= 0.6 is 7.82 Å². The van der Waals surface area contributed by atoms with Gasteiger partial charge in [0, 0.05) is 6.04 Å². The van der Waals surface area contributed by atoms with Gasteiger partial charge in [-0.15, -0.1) is 0 Å². The molecule has 0 bridgehead atoms. The van der Waals surface area contributed by atoms with Crippen LogP contribution in [0.5, 0.6) is 0 Å². The molecule has 27 heavy (non-hydrogen) atoms. The summed E-state index contributed by atoms with van der Waals surface area (Å²) in [6.45, 7) is 2.58. The highest BCUT2D eigenvalue weighted by Crippen LogP contribution is 2.25. The second kappa shape index (κ2) is 20.8. The van der Waals surface area contributed by atoms with Gasteiger partial charge in [0.25, 0.3) is 0 Å². The summed E-state index contributed by atoms with van der Waals surface area (Å²) in [5.41, 5.74) is 0. The zero-order valence-corrected chi connectivity index (χ0v) is 18.9. The Hall–Kier alpha value is 0.0300. The fourth-order valence-corrected chi connectivity index (χ4v) is 3.09. The van der Waals surface area contributed by atoms with Crippen LogP contribution < -0.4 is 0 Å². The molecule has 0 aliphatic heterocycles. The van der Waals surface area contributed by atoms with Crippen LogP contribution in [0.4, 0.5) is 0 Å². The third kappa shape index (κ3) is 31.0. The van der Waals surface area contributed by atoms with Crippen LogP contribution in [-0.4, -0.2) is 51.4 Å². The number of hydrogen-bond donors (Lipinski definition) is 4. The van der Waals surface area contributed by atoms with Gasteiger partial charge in [-0.05, 0) is 20.5 Å². The maximum absolute atomic E-state index is 9.26. The van der Waals surface area contributed by atoms with Gasteiger partial charge in [0.05, 0.1) is 6.61 Å². The van der Waals surface area contributed by atoms with Crippen LogP contribution in [-0.2, 0) is 4.57 Å². The largest absolute Gasteiger partial charge is 0.466 e. The average molecular weight is 412 g/mol.